The Morgan fingerprint density at radius 1 is 0.982 bits per heavy atom. The van der Waals surface area contributed by atoms with E-state index < -0.39 is 35.9 Å². The number of hydrogen-bond acceptors (Lipinski definition) is 9. The van der Waals surface area contributed by atoms with Gasteiger partial charge in [-0.1, -0.05) is 58.4 Å². The molecule has 0 aliphatic carbocycles. The largest absolute Gasteiger partial charge is 0.463 e. The molecule has 3 atom stereocenters. The molecule has 4 rings (SSSR count). The van der Waals surface area contributed by atoms with E-state index in [-0.39, 0.29) is 57.3 Å². The van der Waals surface area contributed by atoms with Crippen molar-refractivity contribution in [1.29, 1.82) is 0 Å². The Hall–Kier alpha value is -4.86. The number of halogens is 1. The molecule has 14 nitrogen and oxygen atoms in total. The number of carbonyl (C=O) groups is 5. The Morgan fingerprint density at radius 2 is 1.68 bits per heavy atom. The van der Waals surface area contributed by atoms with Crippen molar-refractivity contribution in [2.24, 2.45) is 17.2 Å². The van der Waals surface area contributed by atoms with Gasteiger partial charge in [0.05, 0.1) is 24.8 Å². The van der Waals surface area contributed by atoms with Crippen LogP contribution in [0.5, 0.6) is 0 Å². The molecule has 15 heteroatoms. The lowest BCUT2D eigenvalue weighted by Crippen LogP contribution is -2.55. The molecule has 57 heavy (non-hydrogen) atoms. The number of hydrogen-bond donors (Lipinski definition) is 6. The Balaban J connectivity index is 0.000000492. The summed E-state index contributed by atoms with van der Waals surface area (Å²) in [4.78, 5) is 58.9. The Kier molecular flexibility index (Phi) is 23.7. The maximum atomic E-state index is 13.2. The van der Waals surface area contributed by atoms with Gasteiger partial charge in [0.1, 0.15) is 18.5 Å². The van der Waals surface area contributed by atoms with Crippen molar-refractivity contribution in [3.63, 3.8) is 0 Å². The predicted octanol–water partition coefficient (Wildman–Crippen LogP) is 4.05. The molecule has 0 radical (unpaired) electrons. The SMILES string of the molecule is C.CCC1OCC(=O)NCc2cccc(c2)CC(N)C(=O)NCC(=O)NC1C(N)=O.CCCC(=O)OC(C)C.Cc1cn(CCCCCCN)c2ccc(F)cc12. The standard InChI is InChI=1S/C19H27N5O5.C15H21FN2.C7H14O2.CH4/c1-2-14-17(18(21)27)24-15(25)9-23-19(28)13(20)7-11-4-3-5-12(6-11)8-22-16(26)10-29-14;1-12-11-18(9-5-3-2-4-8-17)15-7-6-13(16)10-14(12)15;1-4-5-7(8)9-6(2)3;/h3-6,13-14,17H,2,7-10,20H2,1H3,(H2,21,27)(H,22,26)(H,23,28)(H,24,25);6-7,10-11H,2-5,8-9,17H2,1H3;6H,4-5H2,1-3H3;1H4. The molecule has 1 aromatic heterocycles. The van der Waals surface area contributed by atoms with Crippen LogP contribution in [0.3, 0.4) is 0 Å². The van der Waals surface area contributed by atoms with Crippen LogP contribution in [0.4, 0.5) is 4.39 Å². The van der Waals surface area contributed by atoms with Crippen molar-refractivity contribution in [1.82, 2.24) is 20.5 Å². The fraction of sp³-hybridized carbons (Fsp3) is 0.548. The first-order valence-electron chi connectivity index (χ1n) is 19.4. The second-order valence-electron chi connectivity index (χ2n) is 14.0. The summed E-state index contributed by atoms with van der Waals surface area (Å²) in [5.74, 6) is -2.54. The summed E-state index contributed by atoms with van der Waals surface area (Å²) in [6.07, 6.45) is 8.03. The number of aryl methyl sites for hydroxylation is 2. The van der Waals surface area contributed by atoms with E-state index >= 15 is 0 Å². The Morgan fingerprint density at radius 3 is 2.33 bits per heavy atom. The van der Waals surface area contributed by atoms with Crippen molar-refractivity contribution < 1.29 is 37.8 Å². The van der Waals surface area contributed by atoms with Gasteiger partial charge in [0, 0.05) is 36.6 Å². The summed E-state index contributed by atoms with van der Waals surface area (Å²) in [6.45, 7) is 10.8. The van der Waals surface area contributed by atoms with Crippen molar-refractivity contribution in [2.45, 2.75) is 131 Å². The second kappa shape index (κ2) is 26.9. The predicted molar refractivity (Wildman–Crippen MR) is 221 cm³/mol. The smallest absolute Gasteiger partial charge is 0.306 e. The molecule has 3 unspecified atom stereocenters. The van der Waals surface area contributed by atoms with Gasteiger partial charge in [-0.2, -0.15) is 0 Å². The van der Waals surface area contributed by atoms with Gasteiger partial charge in [-0.05, 0) is 94.3 Å². The van der Waals surface area contributed by atoms with Crippen molar-refractivity contribution in [3.8, 4) is 0 Å². The number of carbonyl (C=O) groups excluding carboxylic acids is 5. The van der Waals surface area contributed by atoms with E-state index in [0.29, 0.717) is 12.8 Å². The van der Waals surface area contributed by atoms with Gasteiger partial charge in [0.2, 0.25) is 23.6 Å². The molecule has 0 fully saturated rings. The average Bonchev–Trinajstić information content (AvgIpc) is 3.46. The van der Waals surface area contributed by atoms with Gasteiger partial charge in [-0.3, -0.25) is 24.0 Å². The van der Waals surface area contributed by atoms with E-state index in [1.807, 2.05) is 58.0 Å². The zero-order chi connectivity index (χ0) is 41.6. The fourth-order valence-corrected chi connectivity index (χ4v) is 5.91. The lowest BCUT2D eigenvalue weighted by Gasteiger charge is -2.25. The van der Waals surface area contributed by atoms with Gasteiger partial charge >= 0.3 is 5.97 Å². The molecular weight excluding hydrogens is 734 g/mol. The highest BCUT2D eigenvalue weighted by atomic mass is 19.1. The number of amides is 4. The number of primary amides is 1. The third-order valence-corrected chi connectivity index (χ3v) is 8.74. The van der Waals surface area contributed by atoms with Crippen molar-refractivity contribution in [2.75, 3.05) is 19.7 Å². The van der Waals surface area contributed by atoms with Crippen LogP contribution in [0.25, 0.3) is 10.9 Å². The molecule has 3 aromatic rings. The lowest BCUT2D eigenvalue weighted by atomic mass is 10.0. The highest BCUT2D eigenvalue weighted by molar-refractivity contribution is 5.91. The summed E-state index contributed by atoms with van der Waals surface area (Å²) in [6, 6.07) is 10.3. The van der Waals surface area contributed by atoms with E-state index in [1.165, 1.54) is 18.9 Å². The summed E-state index contributed by atoms with van der Waals surface area (Å²) in [7, 11) is 0. The summed E-state index contributed by atoms with van der Waals surface area (Å²) < 4.78 is 25.8. The average molecular weight is 800 g/mol. The van der Waals surface area contributed by atoms with Gasteiger partial charge in [0.25, 0.3) is 0 Å². The van der Waals surface area contributed by atoms with Crippen LogP contribution in [0.2, 0.25) is 0 Å². The molecule has 0 saturated heterocycles. The quantitative estimate of drug-likeness (QED) is 0.121. The van der Waals surface area contributed by atoms with E-state index in [1.54, 1.807) is 13.0 Å². The number of benzene rings is 2. The van der Waals surface area contributed by atoms with Crippen LogP contribution in [0.15, 0.2) is 48.7 Å². The zero-order valence-electron chi connectivity index (χ0n) is 33.5. The minimum Gasteiger partial charge on any atom is -0.463 e. The molecule has 4 amide bonds. The number of unbranched alkanes of at least 4 members (excludes halogenated alkanes) is 3. The molecule has 1 aliphatic heterocycles. The molecule has 0 saturated carbocycles. The monoisotopic (exact) mass is 800 g/mol. The normalized spacial score (nSPS) is 17.6. The topological polar surface area (TPSA) is 223 Å². The van der Waals surface area contributed by atoms with E-state index in [0.717, 1.165) is 59.9 Å². The van der Waals surface area contributed by atoms with E-state index in [2.05, 4.69) is 26.7 Å². The number of nitrogens with two attached hydrogens (primary N) is 3. The first-order chi connectivity index (χ1) is 26.7. The number of aromatic nitrogens is 1. The number of ether oxygens (including phenoxy) is 2. The number of fused-ring (bicyclic) bond motifs is 3. The van der Waals surface area contributed by atoms with Gasteiger partial charge < -0.3 is 47.2 Å². The second-order valence-corrected chi connectivity index (χ2v) is 14.0. The van der Waals surface area contributed by atoms with Gasteiger partial charge in [-0.15, -0.1) is 0 Å². The number of esters is 1. The molecule has 0 spiro atoms. The summed E-state index contributed by atoms with van der Waals surface area (Å²) >= 11 is 0. The van der Waals surface area contributed by atoms with Crippen molar-refractivity contribution >= 4 is 40.5 Å². The third-order valence-electron chi connectivity index (χ3n) is 8.74. The highest BCUT2D eigenvalue weighted by Crippen LogP contribution is 2.22. The molecule has 1 aliphatic rings. The van der Waals surface area contributed by atoms with E-state index in [4.69, 9.17) is 26.7 Å². The minimum atomic E-state index is -1.14. The first-order valence-corrected chi connectivity index (χ1v) is 19.4. The minimum absolute atomic E-state index is 0. The highest BCUT2D eigenvalue weighted by Gasteiger charge is 2.29. The van der Waals surface area contributed by atoms with Crippen LogP contribution < -0.4 is 33.2 Å². The molecule has 2 heterocycles. The Bertz CT molecular complexity index is 1710. The zero-order valence-corrected chi connectivity index (χ0v) is 33.5. The maximum Gasteiger partial charge on any atom is 0.306 e. The summed E-state index contributed by atoms with van der Waals surface area (Å²) in [5.41, 5.74) is 20.7. The first kappa shape index (κ1) is 50.2. The van der Waals surface area contributed by atoms with Crippen LogP contribution in [-0.2, 0) is 53.0 Å². The summed E-state index contributed by atoms with van der Waals surface area (Å²) in [5, 5.41) is 8.64. The van der Waals surface area contributed by atoms with Gasteiger partial charge in [-0.25, -0.2) is 4.39 Å². The maximum absolute atomic E-state index is 13.2. The number of nitrogens with zero attached hydrogens (tertiary/aromatic N) is 1. The molecule has 2 bridgehead atoms. The molecule has 318 valence electrons. The van der Waals surface area contributed by atoms with Crippen LogP contribution >= 0.6 is 0 Å². The molecule has 9 N–H and O–H groups in total. The van der Waals surface area contributed by atoms with Crippen LogP contribution in [0, 0.1) is 12.7 Å². The van der Waals surface area contributed by atoms with Crippen molar-refractivity contribution in [3.05, 3.63) is 71.2 Å². The molecular formula is C42H66FN7O7. The molecule has 2 aromatic carbocycles. The van der Waals surface area contributed by atoms with Crippen LogP contribution in [-0.4, -0.2) is 78.2 Å². The number of nitrogens with one attached hydrogen (secondary N) is 3. The lowest BCUT2D eigenvalue weighted by molar-refractivity contribution is -0.147. The van der Waals surface area contributed by atoms with Crippen LogP contribution in [0.1, 0.15) is 96.8 Å². The van der Waals surface area contributed by atoms with Gasteiger partial charge in [0.15, 0.2) is 0 Å². The third kappa shape index (κ3) is 18.8. The van der Waals surface area contributed by atoms with E-state index in [9.17, 15) is 28.4 Å². The Labute approximate surface area is 337 Å². The number of rotatable bonds is 11. The fourth-order valence-electron chi connectivity index (χ4n) is 5.91.